The van der Waals surface area contributed by atoms with Gasteiger partial charge in [0.1, 0.15) is 0 Å². The molecule has 0 aromatic rings. The standard InChI is InChI=1S/C12H29N3/c1-6-15(7-2)11-10-13-8-9-14-12(3,4)5/h13-14H,6-11H2,1-5H3. The van der Waals surface area contributed by atoms with Crippen molar-refractivity contribution < 1.29 is 0 Å². The smallest absolute Gasteiger partial charge is 0.0107 e. The minimum atomic E-state index is 0.237. The Morgan fingerprint density at radius 1 is 0.933 bits per heavy atom. The quantitative estimate of drug-likeness (QED) is 0.598. The van der Waals surface area contributed by atoms with E-state index in [1.807, 2.05) is 0 Å². The fourth-order valence-electron chi connectivity index (χ4n) is 1.43. The maximum Gasteiger partial charge on any atom is 0.0107 e. The molecule has 0 heterocycles. The zero-order chi connectivity index (χ0) is 11.7. The molecule has 0 aromatic carbocycles. The second kappa shape index (κ2) is 8.08. The fourth-order valence-corrected chi connectivity index (χ4v) is 1.43. The Balaban J connectivity index is 3.25. The maximum atomic E-state index is 3.46. The number of hydrogen-bond donors (Lipinski definition) is 2. The van der Waals surface area contributed by atoms with Crippen LogP contribution in [0.2, 0.25) is 0 Å². The van der Waals surface area contributed by atoms with Crippen molar-refractivity contribution in [3.63, 3.8) is 0 Å². The van der Waals surface area contributed by atoms with E-state index in [9.17, 15) is 0 Å². The molecule has 0 aliphatic rings. The highest BCUT2D eigenvalue weighted by Crippen LogP contribution is 1.96. The van der Waals surface area contributed by atoms with Gasteiger partial charge in [0, 0.05) is 31.7 Å². The van der Waals surface area contributed by atoms with Crippen LogP contribution in [0.5, 0.6) is 0 Å². The molecule has 0 aliphatic heterocycles. The Labute approximate surface area is 95.6 Å². The Morgan fingerprint density at radius 2 is 1.53 bits per heavy atom. The molecule has 0 spiro atoms. The number of nitrogens with one attached hydrogen (secondary N) is 2. The van der Waals surface area contributed by atoms with Gasteiger partial charge in [0.25, 0.3) is 0 Å². The first-order valence-corrected chi connectivity index (χ1v) is 6.17. The summed E-state index contributed by atoms with van der Waals surface area (Å²) in [7, 11) is 0. The molecule has 0 radical (unpaired) electrons. The van der Waals surface area contributed by atoms with Gasteiger partial charge in [-0.05, 0) is 33.9 Å². The molecular weight excluding hydrogens is 186 g/mol. The number of likely N-dealkylation sites (N-methyl/N-ethyl adjacent to an activating group) is 1. The van der Waals surface area contributed by atoms with Crippen molar-refractivity contribution in [3.05, 3.63) is 0 Å². The molecule has 0 fully saturated rings. The van der Waals surface area contributed by atoms with Gasteiger partial charge in [-0.1, -0.05) is 13.8 Å². The van der Waals surface area contributed by atoms with Gasteiger partial charge in [-0.15, -0.1) is 0 Å². The molecule has 0 rings (SSSR count). The summed E-state index contributed by atoms with van der Waals surface area (Å²) in [4.78, 5) is 2.43. The molecule has 2 N–H and O–H groups in total. The summed E-state index contributed by atoms with van der Waals surface area (Å²) in [5.41, 5.74) is 0.237. The van der Waals surface area contributed by atoms with E-state index in [1.54, 1.807) is 0 Å². The highest BCUT2D eigenvalue weighted by atomic mass is 15.1. The van der Waals surface area contributed by atoms with Crippen molar-refractivity contribution in [1.29, 1.82) is 0 Å². The second-order valence-corrected chi connectivity index (χ2v) is 4.95. The maximum absolute atomic E-state index is 3.46. The van der Waals surface area contributed by atoms with Gasteiger partial charge < -0.3 is 15.5 Å². The number of rotatable bonds is 8. The molecule has 15 heavy (non-hydrogen) atoms. The summed E-state index contributed by atoms with van der Waals surface area (Å²) >= 11 is 0. The normalized spacial score (nSPS) is 12.4. The fraction of sp³-hybridized carbons (Fsp3) is 1.00. The lowest BCUT2D eigenvalue weighted by molar-refractivity contribution is 0.301. The lowest BCUT2D eigenvalue weighted by Crippen LogP contribution is -2.41. The summed E-state index contributed by atoms with van der Waals surface area (Å²) in [5, 5.41) is 6.91. The van der Waals surface area contributed by atoms with Crippen LogP contribution in [0.25, 0.3) is 0 Å². The summed E-state index contributed by atoms with van der Waals surface area (Å²) < 4.78 is 0. The molecule has 92 valence electrons. The Morgan fingerprint density at radius 3 is 2.00 bits per heavy atom. The summed E-state index contributed by atoms with van der Waals surface area (Å²) in [6.45, 7) is 17.7. The molecular formula is C12H29N3. The van der Waals surface area contributed by atoms with Gasteiger partial charge in [-0.25, -0.2) is 0 Å². The summed E-state index contributed by atoms with van der Waals surface area (Å²) in [6.07, 6.45) is 0. The molecule has 0 bridgehead atoms. The van der Waals surface area contributed by atoms with Crippen molar-refractivity contribution in [3.8, 4) is 0 Å². The van der Waals surface area contributed by atoms with Gasteiger partial charge in [0.2, 0.25) is 0 Å². The van der Waals surface area contributed by atoms with E-state index in [4.69, 9.17) is 0 Å². The minimum Gasteiger partial charge on any atom is -0.314 e. The highest BCUT2D eigenvalue weighted by molar-refractivity contribution is 4.70. The van der Waals surface area contributed by atoms with Gasteiger partial charge in [0.15, 0.2) is 0 Å². The second-order valence-electron chi connectivity index (χ2n) is 4.95. The predicted octanol–water partition coefficient (Wildman–Crippen LogP) is 1.31. The van der Waals surface area contributed by atoms with Crippen molar-refractivity contribution in [1.82, 2.24) is 15.5 Å². The van der Waals surface area contributed by atoms with E-state index >= 15 is 0 Å². The number of hydrogen-bond acceptors (Lipinski definition) is 3. The van der Waals surface area contributed by atoms with Crippen LogP contribution >= 0.6 is 0 Å². The van der Waals surface area contributed by atoms with Crippen molar-refractivity contribution in [2.75, 3.05) is 39.3 Å². The molecule has 3 nitrogen and oxygen atoms in total. The van der Waals surface area contributed by atoms with E-state index in [2.05, 4.69) is 50.2 Å². The topological polar surface area (TPSA) is 27.3 Å². The third kappa shape index (κ3) is 10.2. The van der Waals surface area contributed by atoms with Crippen molar-refractivity contribution in [2.45, 2.75) is 40.2 Å². The Bertz CT molecular complexity index is 136. The van der Waals surface area contributed by atoms with E-state index in [1.165, 1.54) is 0 Å². The van der Waals surface area contributed by atoms with Crippen LogP contribution in [0, 0.1) is 0 Å². The third-order valence-corrected chi connectivity index (χ3v) is 2.46. The van der Waals surface area contributed by atoms with Gasteiger partial charge in [-0.2, -0.15) is 0 Å². The molecule has 0 saturated carbocycles. The minimum absolute atomic E-state index is 0.237. The van der Waals surface area contributed by atoms with Crippen LogP contribution in [-0.4, -0.2) is 49.7 Å². The van der Waals surface area contributed by atoms with Crippen LogP contribution in [0.15, 0.2) is 0 Å². The van der Waals surface area contributed by atoms with Crippen molar-refractivity contribution >= 4 is 0 Å². The molecule has 0 atom stereocenters. The van der Waals surface area contributed by atoms with E-state index in [-0.39, 0.29) is 5.54 Å². The van der Waals surface area contributed by atoms with Crippen LogP contribution in [-0.2, 0) is 0 Å². The van der Waals surface area contributed by atoms with Crippen LogP contribution in [0.1, 0.15) is 34.6 Å². The lowest BCUT2D eigenvalue weighted by Gasteiger charge is -2.21. The molecule has 3 heteroatoms. The zero-order valence-corrected chi connectivity index (χ0v) is 11.2. The molecule has 0 aliphatic carbocycles. The first kappa shape index (κ1) is 14.9. The predicted molar refractivity (Wildman–Crippen MR) is 68.4 cm³/mol. The average Bonchev–Trinajstić information content (AvgIpc) is 2.15. The third-order valence-electron chi connectivity index (χ3n) is 2.46. The molecule has 0 saturated heterocycles. The summed E-state index contributed by atoms with van der Waals surface area (Å²) in [5.74, 6) is 0. The SMILES string of the molecule is CCN(CC)CCNCCNC(C)(C)C. The van der Waals surface area contributed by atoms with Crippen molar-refractivity contribution in [2.24, 2.45) is 0 Å². The zero-order valence-electron chi connectivity index (χ0n) is 11.2. The van der Waals surface area contributed by atoms with Gasteiger partial charge >= 0.3 is 0 Å². The van der Waals surface area contributed by atoms with Gasteiger partial charge in [-0.3, -0.25) is 0 Å². The van der Waals surface area contributed by atoms with E-state index < -0.39 is 0 Å². The molecule has 0 amide bonds. The average molecular weight is 215 g/mol. The Kier molecular flexibility index (Phi) is 8.02. The summed E-state index contributed by atoms with van der Waals surface area (Å²) in [6, 6.07) is 0. The van der Waals surface area contributed by atoms with Crippen LogP contribution in [0.4, 0.5) is 0 Å². The largest absolute Gasteiger partial charge is 0.314 e. The lowest BCUT2D eigenvalue weighted by atomic mass is 10.1. The van der Waals surface area contributed by atoms with E-state index in [0.717, 1.165) is 39.3 Å². The monoisotopic (exact) mass is 215 g/mol. The first-order chi connectivity index (χ1) is 6.99. The molecule has 0 aromatic heterocycles. The Hall–Kier alpha value is -0.120. The van der Waals surface area contributed by atoms with E-state index in [0.29, 0.717) is 0 Å². The highest BCUT2D eigenvalue weighted by Gasteiger charge is 2.06. The van der Waals surface area contributed by atoms with Gasteiger partial charge in [0.05, 0.1) is 0 Å². The van der Waals surface area contributed by atoms with Crippen LogP contribution in [0.3, 0.4) is 0 Å². The molecule has 0 unspecified atom stereocenters. The first-order valence-electron chi connectivity index (χ1n) is 6.17. The number of nitrogens with zero attached hydrogens (tertiary/aromatic N) is 1. The van der Waals surface area contributed by atoms with Crippen LogP contribution < -0.4 is 10.6 Å².